The van der Waals surface area contributed by atoms with Crippen LogP contribution in [0, 0.1) is 0 Å². The number of para-hydroxylation sites is 3. The maximum absolute atomic E-state index is 11.8. The maximum atomic E-state index is 11.8. The van der Waals surface area contributed by atoms with E-state index >= 15 is 0 Å². The molecule has 6 nitrogen and oxygen atoms in total. The number of ether oxygens (including phenoxy) is 2. The number of rotatable bonds is 16. The lowest BCUT2D eigenvalue weighted by Crippen LogP contribution is -2.22. The average molecular weight is 750 g/mol. The van der Waals surface area contributed by atoms with Crippen LogP contribution in [0.2, 0.25) is 0 Å². The first kappa shape index (κ1) is 38.4. The van der Waals surface area contributed by atoms with Gasteiger partial charge in [-0.1, -0.05) is 146 Å². The van der Waals surface area contributed by atoms with E-state index in [1.807, 2.05) is 109 Å². The van der Waals surface area contributed by atoms with Gasteiger partial charge in [-0.3, -0.25) is 0 Å². The monoisotopic (exact) mass is 749 g/mol. The van der Waals surface area contributed by atoms with E-state index < -0.39 is 0 Å². The van der Waals surface area contributed by atoms with Gasteiger partial charge in [0.2, 0.25) is 0 Å². The van der Waals surface area contributed by atoms with Gasteiger partial charge in [0.1, 0.15) is 11.5 Å². The van der Waals surface area contributed by atoms with Crippen LogP contribution in [0.3, 0.4) is 0 Å². The van der Waals surface area contributed by atoms with Crippen molar-refractivity contribution in [1.29, 1.82) is 0 Å². The molecule has 0 aromatic heterocycles. The number of benzene rings is 7. The van der Waals surface area contributed by atoms with Gasteiger partial charge in [-0.05, 0) is 64.5 Å². The Labute approximate surface area is 335 Å². The van der Waals surface area contributed by atoms with Crippen molar-refractivity contribution in [3.8, 4) is 11.5 Å². The number of aliphatic hydroxyl groups is 1. The van der Waals surface area contributed by atoms with Crippen molar-refractivity contribution in [3.05, 3.63) is 221 Å². The van der Waals surface area contributed by atoms with Crippen molar-refractivity contribution in [2.45, 2.75) is 18.4 Å². The Hall–Kier alpha value is -6.85. The normalized spacial score (nSPS) is 11.8. The standard InChI is InChI=1S/C51H47N3O3/c1-56-50-47(43(37-21-9-3-10-22-37)33-52-40-27-15-6-16-28-40)46(36-55)48(44(38-23-11-4-12-24-38)34-53-41-29-17-7-18-30-41)51(57-2)49(50)45(39-25-13-5-14-26-39)35-54-42-31-19-8-20-32-42/h3-32,43,45,52,54-55H,33,35-36H2,1-2H3. The van der Waals surface area contributed by atoms with Crippen LogP contribution in [0.5, 0.6) is 11.5 Å². The van der Waals surface area contributed by atoms with E-state index in [0.29, 0.717) is 41.3 Å². The third-order valence-electron chi connectivity index (χ3n) is 10.2. The zero-order valence-electron chi connectivity index (χ0n) is 32.3. The van der Waals surface area contributed by atoms with Gasteiger partial charge in [-0.25, -0.2) is 4.99 Å². The molecule has 0 bridgehead atoms. The molecular formula is C51H47N3O3. The predicted molar refractivity (Wildman–Crippen MR) is 234 cm³/mol. The molecule has 0 aliphatic heterocycles. The minimum atomic E-state index is -0.298. The molecule has 2 unspecified atom stereocenters. The van der Waals surface area contributed by atoms with Gasteiger partial charge in [0.05, 0.1) is 32.1 Å². The molecule has 0 heterocycles. The van der Waals surface area contributed by atoms with Crippen LogP contribution in [0.1, 0.15) is 50.8 Å². The number of aliphatic imine (C=N–C) groups is 1. The van der Waals surface area contributed by atoms with Crippen LogP contribution in [0.4, 0.5) is 17.1 Å². The summed E-state index contributed by atoms with van der Waals surface area (Å²) in [7, 11) is 3.41. The quantitative estimate of drug-likeness (QED) is 0.0858. The lowest BCUT2D eigenvalue weighted by Gasteiger charge is -2.32. The zero-order chi connectivity index (χ0) is 39.2. The molecule has 2 atom stereocenters. The second kappa shape index (κ2) is 19.1. The van der Waals surface area contributed by atoms with Crippen molar-refractivity contribution in [2.75, 3.05) is 37.9 Å². The Morgan fingerprint density at radius 3 is 1.42 bits per heavy atom. The fraction of sp³-hybridized carbons (Fsp3) is 0.137. The second-order valence-corrected chi connectivity index (χ2v) is 13.6. The Kier molecular flexibility index (Phi) is 12.9. The average Bonchev–Trinajstić information content (AvgIpc) is 3.28. The highest BCUT2D eigenvalue weighted by molar-refractivity contribution is 6.03. The third kappa shape index (κ3) is 9.01. The van der Waals surface area contributed by atoms with Crippen LogP contribution in [0.25, 0.3) is 5.57 Å². The summed E-state index contributed by atoms with van der Waals surface area (Å²) in [5, 5.41) is 19.2. The van der Waals surface area contributed by atoms with E-state index in [0.717, 1.165) is 44.9 Å². The summed E-state index contributed by atoms with van der Waals surface area (Å²) in [6.07, 6.45) is 0. The van der Waals surface area contributed by atoms with Gasteiger partial charge in [0.25, 0.3) is 0 Å². The minimum absolute atomic E-state index is 0.261. The molecule has 3 N–H and O–H groups in total. The van der Waals surface area contributed by atoms with Crippen LogP contribution < -0.4 is 20.1 Å². The van der Waals surface area contributed by atoms with Crippen molar-refractivity contribution in [1.82, 2.24) is 0 Å². The second-order valence-electron chi connectivity index (χ2n) is 13.6. The summed E-state index contributed by atoms with van der Waals surface area (Å²) >= 11 is 0. The summed E-state index contributed by atoms with van der Waals surface area (Å²) in [4.78, 5) is 4.89. The summed E-state index contributed by atoms with van der Waals surface area (Å²) in [6.45, 7) is 0.746. The Balaban J connectivity index is 1.59. The number of nitrogens with one attached hydrogen (secondary N) is 2. The van der Waals surface area contributed by atoms with Gasteiger partial charge in [-0.2, -0.15) is 0 Å². The number of anilines is 2. The maximum Gasteiger partial charge on any atom is 0.135 e. The van der Waals surface area contributed by atoms with Crippen molar-refractivity contribution >= 4 is 28.5 Å². The molecule has 7 aromatic carbocycles. The van der Waals surface area contributed by atoms with E-state index in [1.54, 1.807) is 14.2 Å². The fourth-order valence-electron chi connectivity index (χ4n) is 7.53. The summed E-state index contributed by atoms with van der Waals surface area (Å²) in [5.74, 6) is 4.17. The number of methoxy groups -OCH3 is 2. The van der Waals surface area contributed by atoms with Crippen LogP contribution in [-0.2, 0) is 6.61 Å². The first-order valence-corrected chi connectivity index (χ1v) is 19.2. The first-order valence-electron chi connectivity index (χ1n) is 19.2. The highest BCUT2D eigenvalue weighted by Gasteiger charge is 2.35. The molecule has 0 aliphatic carbocycles. The number of hydrogen-bond acceptors (Lipinski definition) is 6. The molecular weight excluding hydrogens is 703 g/mol. The van der Waals surface area contributed by atoms with E-state index in [1.165, 1.54) is 0 Å². The SMILES string of the molecule is COc1c(C(=C=Nc2ccccc2)c2ccccc2)c(CO)c(C(CNc2ccccc2)c2ccccc2)c(OC)c1C(CNc1ccccc1)c1ccccc1. The van der Waals surface area contributed by atoms with Gasteiger partial charge < -0.3 is 25.2 Å². The molecule has 0 radical (unpaired) electrons. The van der Waals surface area contributed by atoms with Crippen molar-refractivity contribution < 1.29 is 14.6 Å². The molecule has 0 amide bonds. The van der Waals surface area contributed by atoms with Gasteiger partial charge >= 0.3 is 0 Å². The highest BCUT2D eigenvalue weighted by Crippen LogP contribution is 2.51. The van der Waals surface area contributed by atoms with Crippen molar-refractivity contribution in [2.24, 2.45) is 4.99 Å². The Morgan fingerprint density at radius 1 is 0.544 bits per heavy atom. The number of nitrogens with zero attached hydrogens (tertiary/aromatic N) is 1. The first-order chi connectivity index (χ1) is 28.2. The molecule has 7 aromatic rings. The van der Waals surface area contributed by atoms with E-state index in [9.17, 15) is 5.11 Å². The molecule has 6 heteroatoms. The number of hydrogen-bond donors (Lipinski definition) is 3. The van der Waals surface area contributed by atoms with Gasteiger partial charge in [0.15, 0.2) is 0 Å². The summed E-state index contributed by atoms with van der Waals surface area (Å²) in [6, 6.07) is 61.1. The summed E-state index contributed by atoms with van der Waals surface area (Å²) in [5.41, 5.74) is 9.55. The molecule has 0 saturated carbocycles. The van der Waals surface area contributed by atoms with E-state index in [-0.39, 0.29) is 18.4 Å². The van der Waals surface area contributed by atoms with Crippen LogP contribution in [0.15, 0.2) is 187 Å². The van der Waals surface area contributed by atoms with Crippen LogP contribution >= 0.6 is 0 Å². The topological polar surface area (TPSA) is 75.1 Å². The molecule has 0 spiro atoms. The van der Waals surface area contributed by atoms with E-state index in [2.05, 4.69) is 89.3 Å². The predicted octanol–water partition coefficient (Wildman–Crippen LogP) is 11.1. The fourth-order valence-corrected chi connectivity index (χ4v) is 7.53. The van der Waals surface area contributed by atoms with Gasteiger partial charge in [-0.15, -0.1) is 0 Å². The third-order valence-corrected chi connectivity index (χ3v) is 10.2. The van der Waals surface area contributed by atoms with Crippen LogP contribution in [-0.4, -0.2) is 38.3 Å². The zero-order valence-corrected chi connectivity index (χ0v) is 32.3. The molecule has 7 rings (SSSR count). The molecule has 0 aliphatic rings. The highest BCUT2D eigenvalue weighted by atomic mass is 16.5. The van der Waals surface area contributed by atoms with Gasteiger partial charge in [0, 0.05) is 53.0 Å². The molecule has 284 valence electrons. The molecule has 0 saturated heterocycles. The van der Waals surface area contributed by atoms with E-state index in [4.69, 9.17) is 14.5 Å². The smallest absolute Gasteiger partial charge is 0.135 e. The minimum Gasteiger partial charge on any atom is -0.496 e. The lowest BCUT2D eigenvalue weighted by molar-refractivity contribution is 0.277. The lowest BCUT2D eigenvalue weighted by atomic mass is 9.77. The Morgan fingerprint density at radius 2 is 0.965 bits per heavy atom. The Bertz CT molecular complexity index is 2270. The molecule has 0 fully saturated rings. The molecule has 57 heavy (non-hydrogen) atoms. The number of aliphatic hydroxyl groups excluding tert-OH is 1. The van der Waals surface area contributed by atoms with Crippen molar-refractivity contribution in [3.63, 3.8) is 0 Å². The largest absolute Gasteiger partial charge is 0.496 e. The summed E-state index contributed by atoms with van der Waals surface area (Å²) < 4.78 is 13.2.